The van der Waals surface area contributed by atoms with Gasteiger partial charge >= 0.3 is 6.18 Å². The van der Waals surface area contributed by atoms with E-state index in [0.29, 0.717) is 35.6 Å². The van der Waals surface area contributed by atoms with E-state index in [1.54, 1.807) is 42.5 Å². The summed E-state index contributed by atoms with van der Waals surface area (Å²) in [5, 5.41) is 5.90. The second-order valence-electron chi connectivity index (χ2n) is 10.2. The lowest BCUT2D eigenvalue weighted by Gasteiger charge is -2.28. The van der Waals surface area contributed by atoms with Gasteiger partial charge in [-0.15, -0.1) is 9.19 Å². The van der Waals surface area contributed by atoms with Crippen molar-refractivity contribution < 1.29 is 45.3 Å². The summed E-state index contributed by atoms with van der Waals surface area (Å²) in [6, 6.07) is 13.8. The minimum atomic E-state index is -4.94. The van der Waals surface area contributed by atoms with Crippen LogP contribution in [0.3, 0.4) is 0 Å². The third-order valence-corrected chi connectivity index (χ3v) is 8.13. The molecule has 0 fully saturated rings. The number of fused-ring (bicyclic) bond motifs is 1. The van der Waals surface area contributed by atoms with Gasteiger partial charge in [0.25, 0.3) is 21.8 Å². The average molecular weight is 663 g/mol. The van der Waals surface area contributed by atoms with Crippen molar-refractivity contribution in [2.75, 3.05) is 47.5 Å². The third kappa shape index (κ3) is 7.31. The van der Waals surface area contributed by atoms with E-state index in [2.05, 4.69) is 20.4 Å². The molecule has 46 heavy (non-hydrogen) atoms. The van der Waals surface area contributed by atoms with Gasteiger partial charge in [-0.1, -0.05) is 6.07 Å². The van der Waals surface area contributed by atoms with E-state index in [0.717, 1.165) is 18.7 Å². The molecule has 1 aliphatic rings. The molecule has 2 aromatic carbocycles. The minimum absolute atomic E-state index is 0.0621. The lowest BCUT2D eigenvalue weighted by molar-refractivity contribution is -0.144. The number of nitrogens with zero attached hydrogens (tertiary/aromatic N) is 5. The number of nitrogens with one attached hydrogen (secondary N) is 1. The number of hydrogen-bond acceptors (Lipinski definition) is 11. The van der Waals surface area contributed by atoms with E-state index in [9.17, 15) is 26.4 Å². The molecule has 4 aromatic rings. The Morgan fingerprint density at radius 1 is 1.15 bits per heavy atom. The van der Waals surface area contributed by atoms with Crippen LogP contribution < -0.4 is 24.3 Å². The predicted octanol–water partition coefficient (Wildman–Crippen LogP) is 3.11. The molecule has 244 valence electrons. The van der Waals surface area contributed by atoms with Crippen molar-refractivity contribution in [2.45, 2.75) is 17.2 Å². The number of aromatic nitrogens is 4. The number of carbonyl (C=O) groups excluding carboxylic acids is 1. The first-order valence-corrected chi connectivity index (χ1v) is 15.2. The largest absolute Gasteiger partial charge is 0.492 e. The van der Waals surface area contributed by atoms with E-state index in [-0.39, 0.29) is 40.5 Å². The van der Waals surface area contributed by atoms with Crippen LogP contribution in [-0.4, -0.2) is 92.0 Å². The molecule has 1 atom stereocenters. The molecule has 5 rings (SSSR count). The Hall–Kier alpha value is -4.90. The normalized spacial score (nSPS) is 14.6. The summed E-state index contributed by atoms with van der Waals surface area (Å²) in [7, 11) is 0.505. The Morgan fingerprint density at radius 2 is 1.91 bits per heavy atom. The van der Waals surface area contributed by atoms with Gasteiger partial charge in [0.05, 0.1) is 24.2 Å². The summed E-state index contributed by atoms with van der Waals surface area (Å²) in [4.78, 5) is 21.7. The van der Waals surface area contributed by atoms with Gasteiger partial charge in [-0.3, -0.25) is 4.79 Å². The number of rotatable bonds is 11. The quantitative estimate of drug-likeness (QED) is 0.253. The monoisotopic (exact) mass is 662 g/mol. The fourth-order valence-corrected chi connectivity index (χ4v) is 5.35. The summed E-state index contributed by atoms with van der Waals surface area (Å²) in [6.07, 6.45) is -5.11. The van der Waals surface area contributed by atoms with Gasteiger partial charge in [0.15, 0.2) is 11.5 Å². The molecular formula is C29H29F3N6O7S. The Morgan fingerprint density at radius 3 is 2.59 bits per heavy atom. The fourth-order valence-electron chi connectivity index (χ4n) is 4.27. The molecule has 1 N–H and O–H groups in total. The topological polar surface area (TPSA) is 147 Å². The minimum Gasteiger partial charge on any atom is -0.492 e. The van der Waals surface area contributed by atoms with Crippen molar-refractivity contribution in [3.05, 3.63) is 72.3 Å². The summed E-state index contributed by atoms with van der Waals surface area (Å²) in [5.74, 6) is -0.893. The molecule has 13 nitrogen and oxygen atoms in total. The van der Waals surface area contributed by atoms with Gasteiger partial charge < -0.3 is 29.2 Å². The van der Waals surface area contributed by atoms with Crippen LogP contribution in [0.15, 0.2) is 65.8 Å². The number of para-hydroxylation sites is 1. The van der Waals surface area contributed by atoms with Gasteiger partial charge in [0.2, 0.25) is 5.88 Å². The molecule has 1 amide bonds. The van der Waals surface area contributed by atoms with Gasteiger partial charge in [-0.2, -0.15) is 21.6 Å². The molecule has 0 radical (unpaired) electrons. The van der Waals surface area contributed by atoms with E-state index in [1.807, 2.05) is 19.0 Å². The number of carbonyl (C=O) groups is 1. The Bertz CT molecular complexity index is 1810. The maximum atomic E-state index is 13.2. The summed E-state index contributed by atoms with van der Waals surface area (Å²) < 4.78 is 88.5. The second-order valence-corrected chi connectivity index (χ2v) is 12.0. The molecule has 3 heterocycles. The van der Waals surface area contributed by atoms with E-state index >= 15 is 0 Å². The smallest absolute Gasteiger partial charge is 0.453 e. The SMILES string of the molecule is COc1cc(S(=O)(=O)n2cnc(C(F)(F)F)n2)cc(-c2cccc3c2O[C@H](CNC(=O)c2ccc(OCCN(C)C)cc2)CO3)n1. The number of hydrogen-bond donors (Lipinski definition) is 1. The molecule has 0 saturated heterocycles. The number of pyridine rings is 1. The van der Waals surface area contributed by atoms with E-state index in [4.69, 9.17) is 18.9 Å². The second kappa shape index (κ2) is 13.2. The summed E-state index contributed by atoms with van der Waals surface area (Å²) in [5.41, 5.74) is 0.789. The molecule has 1 aliphatic heterocycles. The van der Waals surface area contributed by atoms with Crippen LogP contribution in [0.1, 0.15) is 16.2 Å². The Kier molecular flexibility index (Phi) is 9.34. The zero-order chi connectivity index (χ0) is 33.1. The van der Waals surface area contributed by atoms with Crippen molar-refractivity contribution in [2.24, 2.45) is 0 Å². The molecule has 0 saturated carbocycles. The molecule has 0 bridgehead atoms. The van der Waals surface area contributed by atoms with Crippen LogP contribution >= 0.6 is 0 Å². The van der Waals surface area contributed by atoms with Crippen LogP contribution in [0.25, 0.3) is 11.3 Å². The highest BCUT2D eigenvalue weighted by Gasteiger charge is 2.37. The first-order valence-electron chi connectivity index (χ1n) is 13.7. The lowest BCUT2D eigenvalue weighted by atomic mass is 10.1. The van der Waals surface area contributed by atoms with Crippen molar-refractivity contribution in [3.63, 3.8) is 0 Å². The van der Waals surface area contributed by atoms with Gasteiger partial charge in [-0.25, -0.2) is 9.97 Å². The first kappa shape index (κ1) is 32.5. The third-order valence-electron chi connectivity index (χ3n) is 6.63. The Labute approximate surface area is 261 Å². The molecule has 0 aliphatic carbocycles. The number of ether oxygens (including phenoxy) is 4. The number of halogens is 3. The molecule has 0 unspecified atom stereocenters. The number of benzene rings is 2. The van der Waals surface area contributed by atoms with Gasteiger partial charge in [-0.05, 0) is 56.6 Å². The zero-order valence-electron chi connectivity index (χ0n) is 24.8. The number of amides is 1. The van der Waals surface area contributed by atoms with Crippen molar-refractivity contribution >= 4 is 15.9 Å². The Balaban J connectivity index is 1.33. The van der Waals surface area contributed by atoms with E-state index in [1.165, 1.54) is 7.11 Å². The summed E-state index contributed by atoms with van der Waals surface area (Å²) >= 11 is 0. The highest BCUT2D eigenvalue weighted by molar-refractivity contribution is 7.89. The van der Waals surface area contributed by atoms with Crippen LogP contribution in [0, 0.1) is 0 Å². The maximum Gasteiger partial charge on any atom is 0.453 e. The lowest BCUT2D eigenvalue weighted by Crippen LogP contribution is -2.40. The molecular weight excluding hydrogens is 633 g/mol. The molecule has 17 heteroatoms. The average Bonchev–Trinajstić information content (AvgIpc) is 3.56. The highest BCUT2D eigenvalue weighted by Crippen LogP contribution is 2.41. The van der Waals surface area contributed by atoms with Crippen LogP contribution in [0.4, 0.5) is 13.2 Å². The van der Waals surface area contributed by atoms with Crippen molar-refractivity contribution in [1.29, 1.82) is 0 Å². The van der Waals surface area contributed by atoms with E-state index < -0.39 is 33.0 Å². The van der Waals surface area contributed by atoms with Crippen LogP contribution in [0.2, 0.25) is 0 Å². The zero-order valence-corrected chi connectivity index (χ0v) is 25.6. The fraction of sp³-hybridized carbons (Fsp3) is 0.310. The highest BCUT2D eigenvalue weighted by atomic mass is 32.2. The maximum absolute atomic E-state index is 13.2. The standard InChI is InChI=1S/C29H29F3N6O7S/c1-37(2)11-12-43-19-9-7-18(8-10-19)27(39)33-15-20-16-44-24-6-4-5-22(26(24)45-20)23-13-21(14-25(35-23)42-3)46(40,41)38-17-34-28(36-38)29(30,31)32/h4-10,13-14,17,20H,11-12,15-16H2,1-3H3,(H,33,39)/t20-/m1/s1. The van der Waals surface area contributed by atoms with Crippen LogP contribution in [-0.2, 0) is 16.2 Å². The summed E-state index contributed by atoms with van der Waals surface area (Å²) in [6.45, 7) is 1.44. The number of methoxy groups -OCH3 is 1. The number of likely N-dealkylation sites (N-methyl/N-ethyl adjacent to an activating group) is 1. The van der Waals surface area contributed by atoms with Crippen molar-refractivity contribution in [1.82, 2.24) is 29.4 Å². The van der Waals surface area contributed by atoms with Crippen LogP contribution in [0.5, 0.6) is 23.1 Å². The van der Waals surface area contributed by atoms with Gasteiger partial charge in [0.1, 0.15) is 31.4 Å². The first-order chi connectivity index (χ1) is 21.8. The van der Waals surface area contributed by atoms with Crippen molar-refractivity contribution in [3.8, 4) is 34.4 Å². The molecule has 2 aromatic heterocycles. The molecule has 0 spiro atoms. The predicted molar refractivity (Wildman–Crippen MR) is 157 cm³/mol. The number of alkyl halides is 3. The van der Waals surface area contributed by atoms with Gasteiger partial charge in [0, 0.05) is 23.7 Å².